The number of fused-ring (bicyclic) bond motifs is 1. The van der Waals surface area contributed by atoms with Gasteiger partial charge < -0.3 is 21.1 Å². The zero-order valence-electron chi connectivity index (χ0n) is 19.8. The molecule has 1 fully saturated rings. The lowest BCUT2D eigenvalue weighted by Crippen LogP contribution is -2.28. The SMILES string of the molecule is CNC(=O)c1cc(Nc2nccc(-c3cc(C#N)c4c(c3)C(C)(CO)CN4)n2)n(C2CCCC2)n1. The lowest BCUT2D eigenvalue weighted by atomic mass is 9.83. The van der Waals surface area contributed by atoms with Gasteiger partial charge in [0, 0.05) is 36.8 Å². The van der Waals surface area contributed by atoms with Gasteiger partial charge in [0.05, 0.1) is 29.6 Å². The Kier molecular flexibility index (Phi) is 5.86. The van der Waals surface area contributed by atoms with Crippen LogP contribution in [0.25, 0.3) is 11.3 Å². The molecule has 10 nitrogen and oxygen atoms in total. The van der Waals surface area contributed by atoms with Crippen molar-refractivity contribution in [3.63, 3.8) is 0 Å². The Morgan fingerprint density at radius 2 is 2.14 bits per heavy atom. The van der Waals surface area contributed by atoms with E-state index in [1.54, 1.807) is 31.4 Å². The second kappa shape index (κ2) is 9.00. The van der Waals surface area contributed by atoms with Crippen LogP contribution < -0.4 is 16.0 Å². The highest BCUT2D eigenvalue weighted by Gasteiger charge is 2.36. The summed E-state index contributed by atoms with van der Waals surface area (Å²) in [7, 11) is 1.58. The molecule has 10 heteroatoms. The predicted molar refractivity (Wildman–Crippen MR) is 132 cm³/mol. The Labute approximate surface area is 203 Å². The quantitative estimate of drug-likeness (QED) is 0.429. The van der Waals surface area contributed by atoms with E-state index in [-0.39, 0.29) is 18.6 Å². The number of anilines is 3. The highest BCUT2D eigenvalue weighted by atomic mass is 16.3. The number of aromatic nitrogens is 4. The maximum absolute atomic E-state index is 12.2. The van der Waals surface area contributed by atoms with Crippen molar-refractivity contribution in [2.45, 2.75) is 44.1 Å². The summed E-state index contributed by atoms with van der Waals surface area (Å²) < 4.78 is 1.87. The lowest BCUT2D eigenvalue weighted by molar-refractivity contribution is 0.0957. The van der Waals surface area contributed by atoms with Crippen molar-refractivity contribution >= 4 is 23.4 Å². The molecule has 1 amide bonds. The van der Waals surface area contributed by atoms with Gasteiger partial charge >= 0.3 is 0 Å². The fourth-order valence-corrected chi connectivity index (χ4v) is 4.91. The monoisotopic (exact) mass is 472 g/mol. The molecular formula is C25H28N8O2. The van der Waals surface area contributed by atoms with E-state index in [2.05, 4.69) is 32.1 Å². The van der Waals surface area contributed by atoms with Gasteiger partial charge in [0.2, 0.25) is 5.95 Å². The van der Waals surface area contributed by atoms with Crippen LogP contribution in [0.5, 0.6) is 0 Å². The zero-order valence-corrected chi connectivity index (χ0v) is 19.8. The van der Waals surface area contributed by atoms with Crippen molar-refractivity contribution in [2.75, 3.05) is 30.8 Å². The minimum Gasteiger partial charge on any atom is -0.395 e. The number of amides is 1. The number of hydrogen-bond acceptors (Lipinski definition) is 8. The molecule has 1 saturated carbocycles. The normalized spacial score (nSPS) is 19.1. The number of carbonyl (C=O) groups is 1. The molecule has 1 aliphatic heterocycles. The number of rotatable bonds is 6. The number of hydrogen-bond donors (Lipinski definition) is 4. The summed E-state index contributed by atoms with van der Waals surface area (Å²) >= 11 is 0. The van der Waals surface area contributed by atoms with Gasteiger partial charge in [0.1, 0.15) is 11.9 Å². The minimum atomic E-state index is -0.477. The van der Waals surface area contributed by atoms with Gasteiger partial charge in [-0.3, -0.25) is 4.79 Å². The molecule has 0 radical (unpaired) electrons. The first-order valence-corrected chi connectivity index (χ1v) is 11.8. The molecule has 0 saturated heterocycles. The summed E-state index contributed by atoms with van der Waals surface area (Å²) in [4.78, 5) is 21.3. The van der Waals surface area contributed by atoms with Crippen LogP contribution in [-0.4, -0.2) is 51.0 Å². The standard InChI is InChI=1S/C25H28N8O2/c1-25(14-34)13-29-22-16(12-26)9-15(10-18(22)25)19-7-8-28-24(30-19)31-21-11-20(23(35)27-2)32-33(21)17-5-3-4-6-17/h7-11,17,29,34H,3-6,13-14H2,1-2H3,(H,27,35)(H,28,30,31). The van der Waals surface area contributed by atoms with E-state index in [1.807, 2.05) is 17.7 Å². The van der Waals surface area contributed by atoms with E-state index in [9.17, 15) is 15.2 Å². The summed E-state index contributed by atoms with van der Waals surface area (Å²) in [5.74, 6) is 0.783. The predicted octanol–water partition coefficient (Wildman–Crippen LogP) is 3.11. The average Bonchev–Trinajstić information content (AvgIpc) is 3.63. The first-order chi connectivity index (χ1) is 17.0. The first-order valence-electron chi connectivity index (χ1n) is 11.8. The van der Waals surface area contributed by atoms with Crippen molar-refractivity contribution < 1.29 is 9.90 Å². The fourth-order valence-electron chi connectivity index (χ4n) is 4.91. The van der Waals surface area contributed by atoms with Crippen molar-refractivity contribution in [1.29, 1.82) is 5.26 Å². The number of nitriles is 1. The Balaban J connectivity index is 1.51. The van der Waals surface area contributed by atoms with Gasteiger partial charge in [-0.2, -0.15) is 10.4 Å². The van der Waals surface area contributed by atoms with Crippen LogP contribution in [0.2, 0.25) is 0 Å². The average molecular weight is 473 g/mol. The van der Waals surface area contributed by atoms with Crippen LogP contribution in [0.3, 0.4) is 0 Å². The summed E-state index contributed by atoms with van der Waals surface area (Å²) in [6, 6.07) is 9.76. The third-order valence-corrected chi connectivity index (χ3v) is 6.97. The number of benzene rings is 1. The number of nitrogens with one attached hydrogen (secondary N) is 3. The maximum atomic E-state index is 12.2. The number of carbonyl (C=O) groups excluding carboxylic acids is 1. The molecule has 1 unspecified atom stereocenters. The van der Waals surface area contributed by atoms with Gasteiger partial charge in [-0.15, -0.1) is 0 Å². The lowest BCUT2D eigenvalue weighted by Gasteiger charge is -2.21. The molecule has 2 aromatic heterocycles. The van der Waals surface area contributed by atoms with E-state index in [0.29, 0.717) is 35.3 Å². The highest BCUT2D eigenvalue weighted by Crippen LogP contribution is 2.41. The van der Waals surface area contributed by atoms with Crippen LogP contribution in [0, 0.1) is 11.3 Å². The Hall–Kier alpha value is -3.97. The first kappa shape index (κ1) is 22.8. The largest absolute Gasteiger partial charge is 0.395 e. The van der Waals surface area contributed by atoms with Gasteiger partial charge in [0.25, 0.3) is 5.91 Å². The molecule has 4 N–H and O–H groups in total. The molecular weight excluding hydrogens is 444 g/mol. The molecule has 0 bridgehead atoms. The van der Waals surface area contributed by atoms with Crippen LogP contribution in [0.15, 0.2) is 30.5 Å². The van der Waals surface area contributed by atoms with Crippen molar-refractivity contribution in [3.05, 3.63) is 47.3 Å². The van der Waals surface area contributed by atoms with E-state index in [1.165, 1.54) is 0 Å². The van der Waals surface area contributed by atoms with E-state index in [4.69, 9.17) is 4.98 Å². The molecule has 180 valence electrons. The Morgan fingerprint density at radius 3 is 2.86 bits per heavy atom. The Bertz CT molecular complexity index is 1320. The number of aliphatic hydroxyl groups is 1. The summed E-state index contributed by atoms with van der Waals surface area (Å²) in [6.07, 6.45) is 5.94. The summed E-state index contributed by atoms with van der Waals surface area (Å²) in [6.45, 7) is 2.50. The topological polar surface area (TPSA) is 141 Å². The van der Waals surface area contributed by atoms with Crippen LogP contribution >= 0.6 is 0 Å². The van der Waals surface area contributed by atoms with Crippen LogP contribution in [0.4, 0.5) is 17.5 Å². The fraction of sp³-hybridized carbons (Fsp3) is 0.400. The smallest absolute Gasteiger partial charge is 0.271 e. The molecule has 1 aromatic carbocycles. The van der Waals surface area contributed by atoms with Crippen LogP contribution in [0.1, 0.15) is 60.3 Å². The van der Waals surface area contributed by atoms with Crippen molar-refractivity contribution in [3.8, 4) is 17.3 Å². The molecule has 3 aromatic rings. The second-order valence-electron chi connectivity index (χ2n) is 9.40. The van der Waals surface area contributed by atoms with Crippen molar-refractivity contribution in [2.24, 2.45) is 0 Å². The zero-order chi connectivity index (χ0) is 24.6. The molecule has 5 rings (SSSR count). The second-order valence-corrected chi connectivity index (χ2v) is 9.40. The van der Waals surface area contributed by atoms with Gasteiger partial charge in [-0.05, 0) is 36.6 Å². The van der Waals surface area contributed by atoms with Crippen LogP contribution in [-0.2, 0) is 5.41 Å². The number of nitrogens with zero attached hydrogens (tertiary/aromatic N) is 5. The summed E-state index contributed by atoms with van der Waals surface area (Å²) in [5.41, 5.74) is 3.45. The third kappa shape index (κ3) is 4.08. The van der Waals surface area contributed by atoms with E-state index < -0.39 is 5.41 Å². The molecule has 0 spiro atoms. The summed E-state index contributed by atoms with van der Waals surface area (Å²) in [5, 5.41) is 33.4. The molecule has 1 atom stereocenters. The molecule has 35 heavy (non-hydrogen) atoms. The van der Waals surface area contributed by atoms with Gasteiger partial charge in [-0.1, -0.05) is 19.8 Å². The number of aliphatic hydroxyl groups excluding tert-OH is 1. The van der Waals surface area contributed by atoms with E-state index >= 15 is 0 Å². The van der Waals surface area contributed by atoms with Gasteiger partial charge in [0.15, 0.2) is 5.69 Å². The maximum Gasteiger partial charge on any atom is 0.271 e. The van der Waals surface area contributed by atoms with E-state index in [0.717, 1.165) is 42.5 Å². The minimum absolute atomic E-state index is 0.0310. The van der Waals surface area contributed by atoms with Crippen molar-refractivity contribution in [1.82, 2.24) is 25.1 Å². The molecule has 3 heterocycles. The third-order valence-electron chi connectivity index (χ3n) is 6.97. The van der Waals surface area contributed by atoms with Gasteiger partial charge in [-0.25, -0.2) is 14.6 Å². The molecule has 2 aliphatic rings. The Morgan fingerprint density at radius 1 is 1.34 bits per heavy atom. The molecule has 1 aliphatic carbocycles. The highest BCUT2D eigenvalue weighted by molar-refractivity contribution is 5.93.